The number of nitriles is 1. The quantitative estimate of drug-likeness (QED) is 0.242. The predicted molar refractivity (Wildman–Crippen MR) is 146 cm³/mol. The summed E-state index contributed by atoms with van der Waals surface area (Å²) < 4.78 is 6.82. The molecule has 10 nitrogen and oxygen atoms in total. The highest BCUT2D eigenvalue weighted by Gasteiger charge is 2.25. The maximum absolute atomic E-state index is 12.8. The summed E-state index contributed by atoms with van der Waals surface area (Å²) in [4.78, 5) is 26.7. The second-order valence-electron chi connectivity index (χ2n) is 8.54. The fourth-order valence-electron chi connectivity index (χ4n) is 4.21. The van der Waals surface area contributed by atoms with E-state index in [-0.39, 0.29) is 17.6 Å². The standard InChI is InChI=1S/C26H28N6O4S2/c1-3-12-32-23(20(14-33)28-24(35)16-8-10-17(36-2)11-9-16)30-31-26(32)37-15-22(34)29-25-19(13-27)18-6-4-5-7-21(18)38-25/h3,8-11,20,33H,1,4-7,12,14-15H2,2H3,(H,28,35)(H,29,34)/t20-/m0/s1. The van der Waals surface area contributed by atoms with Gasteiger partial charge in [0, 0.05) is 17.0 Å². The van der Waals surface area contributed by atoms with E-state index in [4.69, 9.17) is 4.74 Å². The topological polar surface area (TPSA) is 142 Å². The molecule has 2 heterocycles. The molecule has 0 unspecified atom stereocenters. The molecule has 198 valence electrons. The van der Waals surface area contributed by atoms with E-state index in [1.165, 1.54) is 28.0 Å². The molecule has 2 aromatic heterocycles. The van der Waals surface area contributed by atoms with E-state index in [9.17, 15) is 20.0 Å². The molecular formula is C26H28N6O4S2. The third-order valence-corrected chi connectivity index (χ3v) is 8.25. The predicted octanol–water partition coefficient (Wildman–Crippen LogP) is 3.48. The number of anilines is 1. The second-order valence-corrected chi connectivity index (χ2v) is 10.6. The number of ether oxygens (including phenoxy) is 1. The van der Waals surface area contributed by atoms with Gasteiger partial charge in [-0.3, -0.25) is 9.59 Å². The first-order valence-electron chi connectivity index (χ1n) is 12.1. The molecule has 0 radical (unpaired) electrons. The number of thioether (sulfide) groups is 1. The van der Waals surface area contributed by atoms with Crippen LogP contribution in [0.25, 0.3) is 0 Å². The summed E-state index contributed by atoms with van der Waals surface area (Å²) in [5, 5.41) is 34.7. The highest BCUT2D eigenvalue weighted by Crippen LogP contribution is 2.37. The summed E-state index contributed by atoms with van der Waals surface area (Å²) >= 11 is 2.65. The average molecular weight is 553 g/mol. The minimum atomic E-state index is -0.823. The van der Waals surface area contributed by atoms with Gasteiger partial charge in [0.05, 0.1) is 25.0 Å². The number of nitrogens with one attached hydrogen (secondary N) is 2. The SMILES string of the molecule is C=CCn1c(SCC(=O)Nc2sc3c(c2C#N)CCCC3)nnc1[C@H](CO)NC(=O)c1ccc(OC)cc1. The number of aromatic nitrogens is 3. The molecule has 38 heavy (non-hydrogen) atoms. The van der Waals surface area contributed by atoms with Gasteiger partial charge in [-0.05, 0) is 55.5 Å². The Morgan fingerprint density at radius 3 is 2.76 bits per heavy atom. The molecule has 0 aliphatic heterocycles. The number of carbonyl (C=O) groups is 2. The van der Waals surface area contributed by atoms with Crippen molar-refractivity contribution in [2.24, 2.45) is 0 Å². The fourth-order valence-corrected chi connectivity index (χ4v) is 6.22. The first kappa shape index (κ1) is 27.4. The fraction of sp³-hybridized carbons (Fsp3) is 0.346. The Morgan fingerprint density at radius 1 is 1.32 bits per heavy atom. The van der Waals surface area contributed by atoms with E-state index in [2.05, 4.69) is 33.5 Å². The van der Waals surface area contributed by atoms with Crippen LogP contribution in [0, 0.1) is 11.3 Å². The zero-order valence-electron chi connectivity index (χ0n) is 20.9. The lowest BCUT2D eigenvalue weighted by Crippen LogP contribution is -2.33. The molecule has 12 heteroatoms. The Kier molecular flexibility index (Phi) is 9.17. The molecule has 1 aromatic carbocycles. The highest BCUT2D eigenvalue weighted by atomic mass is 32.2. The zero-order valence-corrected chi connectivity index (χ0v) is 22.5. The Bertz CT molecular complexity index is 1360. The number of thiophene rings is 1. The van der Waals surface area contributed by atoms with Crippen molar-refractivity contribution in [1.29, 1.82) is 5.26 Å². The van der Waals surface area contributed by atoms with E-state index in [0.29, 0.717) is 39.4 Å². The van der Waals surface area contributed by atoms with Crippen LogP contribution in [0.2, 0.25) is 0 Å². The number of nitrogens with zero attached hydrogens (tertiary/aromatic N) is 4. The van der Waals surface area contributed by atoms with Crippen molar-refractivity contribution < 1.29 is 19.4 Å². The van der Waals surface area contributed by atoms with Crippen LogP contribution in [0.3, 0.4) is 0 Å². The molecule has 4 rings (SSSR count). The number of aliphatic hydroxyl groups excluding tert-OH is 1. The summed E-state index contributed by atoms with van der Waals surface area (Å²) in [6, 6.07) is 8.02. The lowest BCUT2D eigenvalue weighted by atomic mass is 9.96. The van der Waals surface area contributed by atoms with Gasteiger partial charge < -0.3 is 25.0 Å². The highest BCUT2D eigenvalue weighted by molar-refractivity contribution is 7.99. The number of methoxy groups -OCH3 is 1. The van der Waals surface area contributed by atoms with Crippen molar-refractivity contribution in [1.82, 2.24) is 20.1 Å². The number of hydrogen-bond acceptors (Lipinski definition) is 9. The van der Waals surface area contributed by atoms with E-state index in [0.717, 1.165) is 31.2 Å². The molecule has 0 fully saturated rings. The third kappa shape index (κ3) is 6.07. The smallest absolute Gasteiger partial charge is 0.251 e. The van der Waals surface area contributed by atoms with Gasteiger partial charge in [-0.2, -0.15) is 5.26 Å². The van der Waals surface area contributed by atoms with E-state index >= 15 is 0 Å². The van der Waals surface area contributed by atoms with Gasteiger partial charge in [0.1, 0.15) is 22.9 Å². The van der Waals surface area contributed by atoms with Gasteiger partial charge >= 0.3 is 0 Å². The Morgan fingerprint density at radius 2 is 2.08 bits per heavy atom. The normalized spacial score (nSPS) is 13.2. The van der Waals surface area contributed by atoms with Crippen molar-refractivity contribution in [3.63, 3.8) is 0 Å². The summed E-state index contributed by atoms with van der Waals surface area (Å²) in [5.74, 6) is 0.367. The number of hydrogen-bond donors (Lipinski definition) is 3. The largest absolute Gasteiger partial charge is 0.497 e. The van der Waals surface area contributed by atoms with Crippen molar-refractivity contribution in [3.8, 4) is 11.8 Å². The van der Waals surface area contributed by atoms with Crippen LogP contribution in [-0.2, 0) is 24.2 Å². The lowest BCUT2D eigenvalue weighted by molar-refractivity contribution is -0.113. The monoisotopic (exact) mass is 552 g/mol. The molecule has 3 aromatic rings. The number of fused-ring (bicyclic) bond motifs is 1. The van der Waals surface area contributed by atoms with Gasteiger partial charge in [0.2, 0.25) is 5.91 Å². The average Bonchev–Trinajstić information content (AvgIpc) is 3.50. The number of benzene rings is 1. The van der Waals surface area contributed by atoms with Crippen LogP contribution >= 0.6 is 23.1 Å². The second kappa shape index (κ2) is 12.7. The first-order chi connectivity index (χ1) is 18.5. The Labute approximate surface area is 228 Å². The molecule has 1 atom stereocenters. The minimum absolute atomic E-state index is 0.0463. The van der Waals surface area contributed by atoms with Gasteiger partial charge in [0.25, 0.3) is 5.91 Å². The summed E-state index contributed by atoms with van der Waals surface area (Å²) in [6.07, 6.45) is 5.60. The van der Waals surface area contributed by atoms with Gasteiger partial charge in [-0.15, -0.1) is 28.1 Å². The van der Waals surface area contributed by atoms with Crippen LogP contribution in [0.4, 0.5) is 5.00 Å². The molecule has 1 aliphatic rings. The van der Waals surface area contributed by atoms with Crippen LogP contribution in [0.5, 0.6) is 5.75 Å². The molecule has 1 aliphatic carbocycles. The molecule has 0 saturated heterocycles. The van der Waals surface area contributed by atoms with E-state index < -0.39 is 12.6 Å². The van der Waals surface area contributed by atoms with Gasteiger partial charge in [-0.25, -0.2) is 0 Å². The zero-order chi connectivity index (χ0) is 27.1. The minimum Gasteiger partial charge on any atom is -0.497 e. The molecule has 3 N–H and O–H groups in total. The lowest BCUT2D eigenvalue weighted by Gasteiger charge is -2.17. The van der Waals surface area contributed by atoms with Crippen molar-refractivity contribution in [3.05, 3.63) is 64.3 Å². The molecule has 0 saturated carbocycles. The first-order valence-corrected chi connectivity index (χ1v) is 13.9. The van der Waals surface area contributed by atoms with Gasteiger partial charge in [-0.1, -0.05) is 17.8 Å². The summed E-state index contributed by atoms with van der Waals surface area (Å²) in [7, 11) is 1.54. The Balaban J connectivity index is 1.44. The van der Waals surface area contributed by atoms with E-state index in [1.807, 2.05) is 0 Å². The molecule has 2 amide bonds. The Hall–Kier alpha value is -3.66. The molecular weight excluding hydrogens is 524 g/mol. The van der Waals surface area contributed by atoms with E-state index in [1.54, 1.807) is 42.0 Å². The summed E-state index contributed by atoms with van der Waals surface area (Å²) in [5.41, 5.74) is 2.03. The maximum Gasteiger partial charge on any atom is 0.251 e. The summed E-state index contributed by atoms with van der Waals surface area (Å²) in [6.45, 7) is 3.69. The number of rotatable bonds is 11. The number of amides is 2. The third-order valence-electron chi connectivity index (χ3n) is 6.08. The number of carbonyl (C=O) groups excluding carboxylic acids is 2. The molecule has 0 spiro atoms. The number of aliphatic hydroxyl groups is 1. The number of allylic oxidation sites excluding steroid dienone is 1. The number of aryl methyl sites for hydroxylation is 1. The van der Waals surface area contributed by atoms with Crippen molar-refractivity contribution in [2.45, 2.75) is 43.4 Å². The van der Waals surface area contributed by atoms with Crippen molar-refractivity contribution in [2.75, 3.05) is 24.8 Å². The van der Waals surface area contributed by atoms with Crippen LogP contribution in [0.15, 0.2) is 42.1 Å². The van der Waals surface area contributed by atoms with Gasteiger partial charge in [0.15, 0.2) is 11.0 Å². The van der Waals surface area contributed by atoms with Crippen molar-refractivity contribution >= 4 is 39.9 Å². The maximum atomic E-state index is 12.8. The van der Waals surface area contributed by atoms with Crippen LogP contribution in [0.1, 0.15) is 51.1 Å². The van der Waals surface area contributed by atoms with Crippen LogP contribution in [-0.4, -0.2) is 51.2 Å². The van der Waals surface area contributed by atoms with Crippen LogP contribution < -0.4 is 15.4 Å². The molecule has 0 bridgehead atoms.